The number of phenolic OH excluding ortho intramolecular Hbond substituents is 2. The van der Waals surface area contributed by atoms with Crippen molar-refractivity contribution in [3.8, 4) is 44.9 Å². The van der Waals surface area contributed by atoms with Gasteiger partial charge in [0.25, 0.3) is 0 Å². The second kappa shape index (κ2) is 15.5. The van der Waals surface area contributed by atoms with E-state index in [0.29, 0.717) is 0 Å². The fourth-order valence-electron chi connectivity index (χ4n) is 16.9. The van der Waals surface area contributed by atoms with Gasteiger partial charge in [-0.1, -0.05) is 128 Å². The average Bonchev–Trinajstić information content (AvgIpc) is 3.27. The smallest absolute Gasteiger partial charge is 0.132 e. The van der Waals surface area contributed by atoms with E-state index in [1.54, 1.807) is 11.1 Å². The van der Waals surface area contributed by atoms with Gasteiger partial charge in [-0.3, -0.25) is 0 Å². The third-order valence-electron chi connectivity index (χ3n) is 19.0. The van der Waals surface area contributed by atoms with E-state index in [9.17, 15) is 10.2 Å². The molecule has 2 N–H and O–H groups in total. The second-order valence-electron chi connectivity index (χ2n) is 24.8. The summed E-state index contributed by atoms with van der Waals surface area (Å²) < 4.78 is 0. The number of aromatic hydroxyl groups is 2. The second-order valence-corrected chi connectivity index (χ2v) is 24.8. The van der Waals surface area contributed by atoms with E-state index in [1.165, 1.54) is 110 Å². The van der Waals surface area contributed by atoms with Crippen molar-refractivity contribution >= 4 is 21.5 Å². The van der Waals surface area contributed by atoms with Crippen LogP contribution in [0.3, 0.4) is 0 Å². The van der Waals surface area contributed by atoms with Gasteiger partial charge >= 0.3 is 0 Å². The number of rotatable bonds is 9. The monoisotopic (exact) mass is 875 g/mol. The summed E-state index contributed by atoms with van der Waals surface area (Å²) in [6.45, 7) is 18.8. The molecule has 0 amide bonds. The van der Waals surface area contributed by atoms with E-state index in [1.807, 2.05) is 0 Å². The van der Waals surface area contributed by atoms with Crippen molar-refractivity contribution in [2.24, 2.45) is 35.5 Å². The minimum absolute atomic E-state index is 0.267. The molecule has 0 unspecified atom stereocenters. The molecule has 0 aromatic heterocycles. The lowest BCUT2D eigenvalue weighted by Crippen LogP contribution is -2.48. The molecule has 0 radical (unpaired) electrons. The predicted molar refractivity (Wildman–Crippen MR) is 277 cm³/mol. The van der Waals surface area contributed by atoms with Gasteiger partial charge in [0.15, 0.2) is 0 Å². The topological polar surface area (TPSA) is 40.5 Å². The zero-order valence-corrected chi connectivity index (χ0v) is 41.2. The molecule has 0 spiro atoms. The lowest BCUT2D eigenvalue weighted by Gasteiger charge is -2.57. The lowest BCUT2D eigenvalue weighted by atomic mass is 9.48. The first-order chi connectivity index (χ1) is 31.7. The zero-order chi connectivity index (χ0) is 45.6. The third-order valence-corrected chi connectivity index (χ3v) is 19.0. The minimum Gasteiger partial charge on any atom is -0.507 e. The Labute approximate surface area is 395 Å². The van der Waals surface area contributed by atoms with Gasteiger partial charge in [0, 0.05) is 22.3 Å². The first kappa shape index (κ1) is 42.8. The van der Waals surface area contributed by atoms with Crippen LogP contribution >= 0.6 is 0 Å². The third kappa shape index (κ3) is 6.60. The van der Waals surface area contributed by atoms with Crippen molar-refractivity contribution in [2.45, 2.75) is 167 Å². The maximum Gasteiger partial charge on any atom is 0.132 e. The number of benzene rings is 6. The SMILES string of the molecule is CC(C)c1cc(C23CC4CC(CC(C4)C2)C3)cc(C(C)C)c1-c1cc2ccccc2c(-c2c(O)c(-c3c(C(C)C)cc(C45CC6CC(CC(C6)C4)C5)cc3C(C)C)cc3ccccc23)c1O. The molecule has 8 saturated carbocycles. The molecule has 6 aromatic carbocycles. The van der Waals surface area contributed by atoms with Crippen molar-refractivity contribution in [1.29, 1.82) is 0 Å². The molecule has 14 rings (SSSR count). The van der Waals surface area contributed by atoms with Crippen LogP contribution in [-0.4, -0.2) is 10.2 Å². The largest absolute Gasteiger partial charge is 0.507 e. The van der Waals surface area contributed by atoms with E-state index in [2.05, 4.69) is 140 Å². The Balaban J connectivity index is 1.10. The molecular weight excluding hydrogens is 801 g/mol. The summed E-state index contributed by atoms with van der Waals surface area (Å²) in [4.78, 5) is 0. The van der Waals surface area contributed by atoms with Crippen LogP contribution in [0.25, 0.3) is 54.9 Å². The van der Waals surface area contributed by atoms with Gasteiger partial charge in [-0.05, 0) is 225 Å². The van der Waals surface area contributed by atoms with Crippen LogP contribution in [0.5, 0.6) is 11.5 Å². The normalized spacial score (nSPS) is 28.7. The molecule has 0 heterocycles. The van der Waals surface area contributed by atoms with Crippen LogP contribution in [0, 0.1) is 35.5 Å². The Hall–Kier alpha value is -4.56. The molecule has 2 heteroatoms. The summed E-state index contributed by atoms with van der Waals surface area (Å²) >= 11 is 0. The predicted octanol–water partition coefficient (Wildman–Crippen LogP) is 17.8. The number of phenols is 2. The summed E-state index contributed by atoms with van der Waals surface area (Å²) in [5, 5.41) is 30.9. The lowest BCUT2D eigenvalue weighted by molar-refractivity contribution is -0.00537. The van der Waals surface area contributed by atoms with Crippen LogP contribution in [0.15, 0.2) is 84.9 Å². The molecule has 66 heavy (non-hydrogen) atoms. The van der Waals surface area contributed by atoms with Gasteiger partial charge < -0.3 is 10.2 Å². The first-order valence-corrected chi connectivity index (χ1v) is 26.6. The quantitative estimate of drug-likeness (QED) is 0.152. The van der Waals surface area contributed by atoms with Gasteiger partial charge in [-0.25, -0.2) is 0 Å². The van der Waals surface area contributed by atoms with Crippen LogP contribution in [0.2, 0.25) is 0 Å². The van der Waals surface area contributed by atoms with Crippen LogP contribution in [0.1, 0.15) is 189 Å². The first-order valence-electron chi connectivity index (χ1n) is 26.6. The highest BCUT2D eigenvalue weighted by atomic mass is 16.3. The molecule has 2 nitrogen and oxygen atoms in total. The molecular formula is C64H74O2. The molecule has 8 bridgehead atoms. The van der Waals surface area contributed by atoms with Crippen LogP contribution < -0.4 is 0 Å². The van der Waals surface area contributed by atoms with Crippen molar-refractivity contribution < 1.29 is 10.2 Å². The summed E-state index contributed by atoms with van der Waals surface area (Å²) in [5.41, 5.74) is 14.6. The fourth-order valence-corrected chi connectivity index (χ4v) is 16.9. The Morgan fingerprint density at radius 3 is 0.924 bits per heavy atom. The van der Waals surface area contributed by atoms with Gasteiger partial charge in [0.05, 0.1) is 0 Å². The van der Waals surface area contributed by atoms with Gasteiger partial charge in [0.2, 0.25) is 0 Å². The van der Waals surface area contributed by atoms with Crippen molar-refractivity contribution in [3.05, 3.63) is 118 Å². The van der Waals surface area contributed by atoms with E-state index in [-0.39, 0.29) is 46.0 Å². The average molecular weight is 875 g/mol. The molecule has 0 aliphatic heterocycles. The molecule has 6 aromatic rings. The number of hydrogen-bond acceptors (Lipinski definition) is 2. The molecule has 8 aliphatic carbocycles. The van der Waals surface area contributed by atoms with Crippen molar-refractivity contribution in [1.82, 2.24) is 0 Å². The molecule has 8 fully saturated rings. The zero-order valence-electron chi connectivity index (χ0n) is 41.2. The summed E-state index contributed by atoms with van der Waals surface area (Å²) in [6, 6.07) is 32.0. The molecule has 0 saturated heterocycles. The number of fused-ring (bicyclic) bond motifs is 2. The molecule has 8 aliphatic rings. The Morgan fingerprint density at radius 2 is 0.652 bits per heavy atom. The van der Waals surface area contributed by atoms with E-state index < -0.39 is 0 Å². The number of hydrogen-bond donors (Lipinski definition) is 2. The van der Waals surface area contributed by atoms with E-state index in [4.69, 9.17) is 0 Å². The van der Waals surface area contributed by atoms with Crippen molar-refractivity contribution in [2.75, 3.05) is 0 Å². The summed E-state index contributed by atoms with van der Waals surface area (Å²) in [7, 11) is 0. The van der Waals surface area contributed by atoms with Crippen molar-refractivity contribution in [3.63, 3.8) is 0 Å². The summed E-state index contributed by atoms with van der Waals surface area (Å²) in [5.74, 6) is 6.85. The molecule has 342 valence electrons. The Morgan fingerprint density at radius 1 is 0.379 bits per heavy atom. The van der Waals surface area contributed by atoms with E-state index >= 15 is 0 Å². The summed E-state index contributed by atoms with van der Waals surface area (Å²) in [6.07, 6.45) is 16.6. The highest BCUT2D eigenvalue weighted by Gasteiger charge is 2.53. The highest BCUT2D eigenvalue weighted by Crippen LogP contribution is 2.64. The molecule has 0 atom stereocenters. The minimum atomic E-state index is 0.267. The fraction of sp³-hybridized carbons (Fsp3) is 0.500. The van der Waals surface area contributed by atoms with Gasteiger partial charge in [-0.15, -0.1) is 0 Å². The van der Waals surface area contributed by atoms with E-state index in [0.717, 1.165) is 79.3 Å². The maximum atomic E-state index is 13.4. The van der Waals surface area contributed by atoms with Gasteiger partial charge in [0.1, 0.15) is 11.5 Å². The van der Waals surface area contributed by atoms with Crippen LogP contribution in [0.4, 0.5) is 0 Å². The Kier molecular flexibility index (Phi) is 10.0. The maximum absolute atomic E-state index is 13.4. The standard InChI is InChI=1S/C64H74O2/c1-35(2)51-25-47(63-29-39-17-40(30-63)19-41(18-39)31-63)26-52(36(3)4)57(51)55-23-45-13-9-11-15-49(45)59(61(55)65)60-50-16-12-10-14-46(50)24-56(62(60)66)58-53(37(5)6)27-48(28-54(58)38(7)8)64-32-42-20-43(33-64)22-44(21-42)34-64/h9-16,23-28,35-44,65-66H,17-22,29-34H2,1-8H3. The Bertz CT molecular complexity index is 2590. The van der Waals surface area contributed by atoms with Gasteiger partial charge in [-0.2, -0.15) is 0 Å². The highest BCUT2D eigenvalue weighted by molar-refractivity contribution is 6.14. The van der Waals surface area contributed by atoms with Crippen LogP contribution in [-0.2, 0) is 10.8 Å².